The topological polar surface area (TPSA) is 66.8 Å². The van der Waals surface area contributed by atoms with Crippen molar-refractivity contribution in [1.82, 2.24) is 0 Å². The maximum absolute atomic E-state index is 10.9. The summed E-state index contributed by atoms with van der Waals surface area (Å²) in [4.78, 5) is 10.9. The molecule has 4 nitrogen and oxygen atoms in total. The van der Waals surface area contributed by atoms with Gasteiger partial charge in [0.2, 0.25) is 0 Å². The molecule has 0 spiro atoms. The van der Waals surface area contributed by atoms with Gasteiger partial charge < -0.3 is 14.9 Å². The van der Waals surface area contributed by atoms with Crippen LogP contribution in [0.15, 0.2) is 6.07 Å². The van der Waals surface area contributed by atoms with Crippen LogP contribution < -0.4 is 4.74 Å². The molecule has 2 rings (SSSR count). The van der Waals surface area contributed by atoms with Crippen LogP contribution in [-0.2, 0) is 11.2 Å². The van der Waals surface area contributed by atoms with Gasteiger partial charge in [-0.3, -0.25) is 4.79 Å². The molecule has 0 radical (unpaired) electrons. The van der Waals surface area contributed by atoms with Gasteiger partial charge in [0, 0.05) is 22.6 Å². The molecule has 1 unspecified atom stereocenters. The first-order valence-electron chi connectivity index (χ1n) is 4.92. The van der Waals surface area contributed by atoms with Crippen LogP contribution in [0.2, 0.25) is 5.02 Å². The molecule has 5 heteroatoms. The third-order valence-electron chi connectivity index (χ3n) is 2.77. The van der Waals surface area contributed by atoms with Crippen LogP contribution >= 0.6 is 11.6 Å². The van der Waals surface area contributed by atoms with Crippen LogP contribution in [0.4, 0.5) is 0 Å². The van der Waals surface area contributed by atoms with Gasteiger partial charge >= 0.3 is 5.97 Å². The molecule has 1 aromatic rings. The Morgan fingerprint density at radius 2 is 2.31 bits per heavy atom. The molecule has 1 aliphatic heterocycles. The van der Waals surface area contributed by atoms with E-state index >= 15 is 0 Å². The average molecular weight is 243 g/mol. The van der Waals surface area contributed by atoms with E-state index < -0.39 is 11.9 Å². The van der Waals surface area contributed by atoms with E-state index in [1.807, 2.05) is 0 Å². The summed E-state index contributed by atoms with van der Waals surface area (Å²) in [5, 5.41) is 19.3. The molecule has 1 aromatic carbocycles. The van der Waals surface area contributed by atoms with Crippen LogP contribution in [-0.4, -0.2) is 22.8 Å². The van der Waals surface area contributed by atoms with Gasteiger partial charge in [0.1, 0.15) is 0 Å². The molecule has 0 saturated carbocycles. The average Bonchev–Trinajstić information content (AvgIpc) is 2.71. The molecule has 2 N–H and O–H groups in total. The van der Waals surface area contributed by atoms with Crippen molar-refractivity contribution in [3.8, 4) is 11.5 Å². The van der Waals surface area contributed by atoms with Crippen molar-refractivity contribution in [3.05, 3.63) is 22.2 Å². The number of fused-ring (bicyclic) bond motifs is 1. The lowest BCUT2D eigenvalue weighted by Gasteiger charge is -2.13. The number of carbonyl (C=O) groups is 1. The quantitative estimate of drug-likeness (QED) is 0.834. The Kier molecular flexibility index (Phi) is 2.68. The minimum Gasteiger partial charge on any atom is -0.504 e. The second-order valence-electron chi connectivity index (χ2n) is 3.76. The van der Waals surface area contributed by atoms with Gasteiger partial charge in [-0.05, 0) is 13.0 Å². The van der Waals surface area contributed by atoms with E-state index in [0.29, 0.717) is 23.8 Å². The number of aromatic hydroxyl groups is 1. The number of carboxylic acid groups (broad SMARTS) is 1. The molecule has 16 heavy (non-hydrogen) atoms. The molecular formula is C11H11ClO4. The van der Waals surface area contributed by atoms with Gasteiger partial charge in [0.05, 0.1) is 12.5 Å². The second kappa shape index (κ2) is 3.87. The van der Waals surface area contributed by atoms with Crippen molar-refractivity contribution in [2.75, 3.05) is 6.61 Å². The highest BCUT2D eigenvalue weighted by Gasteiger charge is 2.27. The molecule has 1 aliphatic rings. The Hall–Kier alpha value is -1.42. The number of benzene rings is 1. The van der Waals surface area contributed by atoms with E-state index in [1.165, 1.54) is 13.0 Å². The first kappa shape index (κ1) is 11.1. The van der Waals surface area contributed by atoms with E-state index in [2.05, 4.69) is 0 Å². The summed E-state index contributed by atoms with van der Waals surface area (Å²) in [6.07, 6.45) is 0.642. The smallest absolute Gasteiger partial charge is 0.310 e. The van der Waals surface area contributed by atoms with Gasteiger partial charge in [-0.25, -0.2) is 0 Å². The SMILES string of the molecule is CC(C(=O)O)c1cc(Cl)c2c(c1O)OCC2. The van der Waals surface area contributed by atoms with Crippen LogP contribution in [0.3, 0.4) is 0 Å². The van der Waals surface area contributed by atoms with Gasteiger partial charge in [-0.2, -0.15) is 0 Å². The van der Waals surface area contributed by atoms with Crippen LogP contribution in [0, 0.1) is 0 Å². The second-order valence-corrected chi connectivity index (χ2v) is 4.17. The standard InChI is InChI=1S/C11H11ClO4/c1-5(11(14)15)7-4-8(12)6-2-3-16-10(6)9(7)13/h4-5,13H,2-3H2,1H3,(H,14,15). The highest BCUT2D eigenvalue weighted by molar-refractivity contribution is 6.31. The lowest BCUT2D eigenvalue weighted by Crippen LogP contribution is -2.08. The van der Waals surface area contributed by atoms with Crippen molar-refractivity contribution < 1.29 is 19.7 Å². The van der Waals surface area contributed by atoms with Gasteiger partial charge in [-0.1, -0.05) is 11.6 Å². The molecule has 0 amide bonds. The first-order valence-corrected chi connectivity index (χ1v) is 5.30. The van der Waals surface area contributed by atoms with Crippen molar-refractivity contribution in [3.63, 3.8) is 0 Å². The third-order valence-corrected chi connectivity index (χ3v) is 3.11. The summed E-state index contributed by atoms with van der Waals surface area (Å²) in [5.74, 6) is -1.60. The molecule has 1 atom stereocenters. The fraction of sp³-hybridized carbons (Fsp3) is 0.364. The van der Waals surface area contributed by atoms with Gasteiger partial charge in [0.15, 0.2) is 11.5 Å². The van der Waals surface area contributed by atoms with Crippen LogP contribution in [0.25, 0.3) is 0 Å². The van der Waals surface area contributed by atoms with Crippen molar-refractivity contribution >= 4 is 17.6 Å². The Balaban J connectivity index is 2.56. The number of hydrogen-bond acceptors (Lipinski definition) is 3. The Morgan fingerprint density at radius 3 is 2.94 bits per heavy atom. The Labute approximate surface area is 97.4 Å². The zero-order chi connectivity index (χ0) is 11.9. The normalized spacial score (nSPS) is 15.4. The Morgan fingerprint density at radius 1 is 1.62 bits per heavy atom. The molecule has 0 aliphatic carbocycles. The molecule has 0 bridgehead atoms. The maximum Gasteiger partial charge on any atom is 0.310 e. The maximum atomic E-state index is 10.9. The van der Waals surface area contributed by atoms with E-state index in [0.717, 1.165) is 5.56 Å². The van der Waals surface area contributed by atoms with Crippen molar-refractivity contribution in [2.24, 2.45) is 0 Å². The van der Waals surface area contributed by atoms with E-state index in [-0.39, 0.29) is 11.3 Å². The number of rotatable bonds is 2. The summed E-state index contributed by atoms with van der Waals surface area (Å²) >= 11 is 6.01. The minimum atomic E-state index is -1.01. The number of halogens is 1. The molecule has 86 valence electrons. The largest absolute Gasteiger partial charge is 0.504 e. The zero-order valence-electron chi connectivity index (χ0n) is 8.66. The monoisotopic (exact) mass is 242 g/mol. The number of ether oxygens (including phenoxy) is 1. The third kappa shape index (κ3) is 1.59. The molecule has 0 fully saturated rings. The first-order chi connectivity index (χ1) is 7.52. The van der Waals surface area contributed by atoms with Crippen molar-refractivity contribution in [1.29, 1.82) is 0 Å². The molecular weight excluding hydrogens is 232 g/mol. The number of hydrogen-bond donors (Lipinski definition) is 2. The predicted molar refractivity (Wildman–Crippen MR) is 58.4 cm³/mol. The lowest BCUT2D eigenvalue weighted by molar-refractivity contribution is -0.138. The van der Waals surface area contributed by atoms with Gasteiger partial charge in [-0.15, -0.1) is 0 Å². The van der Waals surface area contributed by atoms with Gasteiger partial charge in [0.25, 0.3) is 0 Å². The predicted octanol–water partition coefficient (Wildman–Crippen LogP) is 2.17. The Bertz CT molecular complexity index is 456. The van der Waals surface area contributed by atoms with Crippen LogP contribution in [0.5, 0.6) is 11.5 Å². The van der Waals surface area contributed by atoms with E-state index in [4.69, 9.17) is 21.4 Å². The van der Waals surface area contributed by atoms with Crippen molar-refractivity contribution in [2.45, 2.75) is 19.3 Å². The number of phenolic OH excluding ortho intramolecular Hbond substituents is 1. The van der Waals surface area contributed by atoms with E-state index in [1.54, 1.807) is 0 Å². The minimum absolute atomic E-state index is 0.105. The number of phenols is 1. The molecule has 0 aromatic heterocycles. The molecule has 1 heterocycles. The molecule has 0 saturated heterocycles. The summed E-state index contributed by atoms with van der Waals surface area (Å²) in [5.41, 5.74) is 1.04. The number of carboxylic acids is 1. The fourth-order valence-corrected chi connectivity index (χ4v) is 2.08. The summed E-state index contributed by atoms with van der Waals surface area (Å²) in [6, 6.07) is 1.50. The van der Waals surface area contributed by atoms with E-state index in [9.17, 15) is 9.90 Å². The highest BCUT2D eigenvalue weighted by Crippen LogP contribution is 2.44. The zero-order valence-corrected chi connectivity index (χ0v) is 9.41. The summed E-state index contributed by atoms with van der Waals surface area (Å²) < 4.78 is 5.25. The summed E-state index contributed by atoms with van der Waals surface area (Å²) in [7, 11) is 0. The summed E-state index contributed by atoms with van der Waals surface area (Å²) in [6.45, 7) is 1.96. The highest BCUT2D eigenvalue weighted by atomic mass is 35.5. The fourth-order valence-electron chi connectivity index (χ4n) is 1.78. The number of aliphatic carboxylic acids is 1. The lowest BCUT2D eigenvalue weighted by atomic mass is 9.97. The van der Waals surface area contributed by atoms with Crippen LogP contribution in [0.1, 0.15) is 24.0 Å².